The zero-order valence-electron chi connectivity index (χ0n) is 8.92. The lowest BCUT2D eigenvalue weighted by molar-refractivity contribution is 0.285. The van der Waals surface area contributed by atoms with Crippen LogP contribution >= 0.6 is 11.3 Å². The van der Waals surface area contributed by atoms with Crippen molar-refractivity contribution in [3.8, 4) is 0 Å². The van der Waals surface area contributed by atoms with Crippen LogP contribution in [0.2, 0.25) is 0 Å². The molecule has 1 heterocycles. The van der Waals surface area contributed by atoms with Crippen LogP contribution < -0.4 is 5.32 Å². The molecule has 1 atom stereocenters. The van der Waals surface area contributed by atoms with Crippen molar-refractivity contribution >= 4 is 16.5 Å². The maximum Gasteiger partial charge on any atom is 0.183 e. The zero-order chi connectivity index (χ0) is 9.97. The normalized spacial score (nSPS) is 19.0. The van der Waals surface area contributed by atoms with Crippen molar-refractivity contribution in [1.29, 1.82) is 0 Å². The quantitative estimate of drug-likeness (QED) is 0.824. The van der Waals surface area contributed by atoms with Crippen LogP contribution in [0.4, 0.5) is 5.13 Å². The van der Waals surface area contributed by atoms with Gasteiger partial charge in [0.05, 0.1) is 5.69 Å². The van der Waals surface area contributed by atoms with Gasteiger partial charge in [-0.05, 0) is 32.1 Å². The van der Waals surface area contributed by atoms with Gasteiger partial charge >= 0.3 is 0 Å². The summed E-state index contributed by atoms with van der Waals surface area (Å²) in [5.74, 6) is 0.879. The van der Waals surface area contributed by atoms with Crippen molar-refractivity contribution in [1.82, 2.24) is 4.98 Å². The number of hydrogen-bond acceptors (Lipinski definition) is 3. The Balaban J connectivity index is 1.89. The van der Waals surface area contributed by atoms with Crippen LogP contribution in [-0.2, 0) is 6.42 Å². The van der Waals surface area contributed by atoms with E-state index in [0.717, 1.165) is 17.5 Å². The third-order valence-electron chi connectivity index (χ3n) is 3.12. The van der Waals surface area contributed by atoms with Gasteiger partial charge in [0.15, 0.2) is 5.13 Å². The number of hydrogen-bond donors (Lipinski definition) is 1. The Morgan fingerprint density at radius 3 is 2.93 bits per heavy atom. The average Bonchev–Trinajstić information content (AvgIpc) is 2.48. The summed E-state index contributed by atoms with van der Waals surface area (Å²) in [6, 6.07) is 0.597. The molecule has 2 rings (SSSR count). The second kappa shape index (κ2) is 4.30. The molecular weight excluding hydrogens is 192 g/mol. The third-order valence-corrected chi connectivity index (χ3v) is 3.94. The SMILES string of the molecule is CCc1csc(N[C@H](C)C2CCC2)n1. The number of nitrogens with zero attached hydrogens (tertiary/aromatic N) is 1. The summed E-state index contributed by atoms with van der Waals surface area (Å²) in [4.78, 5) is 4.52. The highest BCUT2D eigenvalue weighted by Gasteiger charge is 2.24. The molecule has 1 aromatic heterocycles. The number of aryl methyl sites for hydroxylation is 1. The van der Waals surface area contributed by atoms with Crippen LogP contribution in [0.5, 0.6) is 0 Å². The van der Waals surface area contributed by atoms with Gasteiger partial charge in [-0.1, -0.05) is 13.3 Å². The van der Waals surface area contributed by atoms with Gasteiger partial charge in [0.1, 0.15) is 0 Å². The van der Waals surface area contributed by atoms with Gasteiger partial charge < -0.3 is 5.32 Å². The molecular formula is C11H18N2S. The van der Waals surface area contributed by atoms with E-state index < -0.39 is 0 Å². The molecule has 0 spiro atoms. The maximum atomic E-state index is 4.52. The van der Waals surface area contributed by atoms with Gasteiger partial charge in [-0.3, -0.25) is 0 Å². The first kappa shape index (κ1) is 9.97. The zero-order valence-corrected chi connectivity index (χ0v) is 9.73. The Kier molecular flexibility index (Phi) is 3.06. The number of anilines is 1. The molecule has 0 amide bonds. The third kappa shape index (κ3) is 2.08. The highest BCUT2D eigenvalue weighted by atomic mass is 32.1. The van der Waals surface area contributed by atoms with Gasteiger partial charge in [-0.25, -0.2) is 4.98 Å². The Morgan fingerprint density at radius 2 is 2.43 bits per heavy atom. The molecule has 1 N–H and O–H groups in total. The van der Waals surface area contributed by atoms with Gasteiger partial charge in [0.25, 0.3) is 0 Å². The predicted octanol–water partition coefficient (Wildman–Crippen LogP) is 3.31. The molecule has 1 saturated carbocycles. The van der Waals surface area contributed by atoms with E-state index >= 15 is 0 Å². The predicted molar refractivity (Wildman–Crippen MR) is 61.9 cm³/mol. The smallest absolute Gasteiger partial charge is 0.183 e. The molecule has 1 aliphatic carbocycles. The van der Waals surface area contributed by atoms with E-state index in [-0.39, 0.29) is 0 Å². The first-order valence-electron chi connectivity index (χ1n) is 5.50. The van der Waals surface area contributed by atoms with Gasteiger partial charge in [0, 0.05) is 11.4 Å². The van der Waals surface area contributed by atoms with Crippen LogP contribution in [-0.4, -0.2) is 11.0 Å². The summed E-state index contributed by atoms with van der Waals surface area (Å²) >= 11 is 1.73. The number of rotatable bonds is 4. The minimum atomic E-state index is 0.597. The summed E-state index contributed by atoms with van der Waals surface area (Å²) < 4.78 is 0. The first-order valence-corrected chi connectivity index (χ1v) is 6.38. The molecule has 14 heavy (non-hydrogen) atoms. The molecule has 0 saturated heterocycles. The molecule has 2 nitrogen and oxygen atoms in total. The highest BCUT2D eigenvalue weighted by Crippen LogP contribution is 2.31. The fraction of sp³-hybridized carbons (Fsp3) is 0.727. The lowest BCUT2D eigenvalue weighted by atomic mass is 9.80. The first-order chi connectivity index (χ1) is 6.79. The molecule has 1 fully saturated rings. The van der Waals surface area contributed by atoms with E-state index in [1.807, 2.05) is 0 Å². The Labute approximate surface area is 89.8 Å². The van der Waals surface area contributed by atoms with Crippen LogP contribution in [0.1, 0.15) is 38.8 Å². The number of thiazole rings is 1. The van der Waals surface area contributed by atoms with Crippen LogP contribution in [0.25, 0.3) is 0 Å². The topological polar surface area (TPSA) is 24.9 Å². The van der Waals surface area contributed by atoms with Crippen molar-refractivity contribution in [2.45, 2.75) is 45.6 Å². The average molecular weight is 210 g/mol. The molecule has 0 radical (unpaired) electrons. The van der Waals surface area contributed by atoms with Crippen molar-refractivity contribution in [2.24, 2.45) is 5.92 Å². The molecule has 0 aromatic carbocycles. The van der Waals surface area contributed by atoms with E-state index in [0.29, 0.717) is 6.04 Å². The van der Waals surface area contributed by atoms with Gasteiger partial charge in [-0.2, -0.15) is 0 Å². The summed E-state index contributed by atoms with van der Waals surface area (Å²) in [6.45, 7) is 4.42. The van der Waals surface area contributed by atoms with Crippen molar-refractivity contribution in [2.75, 3.05) is 5.32 Å². The molecule has 1 aromatic rings. The maximum absolute atomic E-state index is 4.52. The number of nitrogens with one attached hydrogen (secondary N) is 1. The summed E-state index contributed by atoms with van der Waals surface area (Å²) in [7, 11) is 0. The van der Waals surface area contributed by atoms with Crippen LogP contribution in [0, 0.1) is 5.92 Å². The van der Waals surface area contributed by atoms with E-state index in [4.69, 9.17) is 0 Å². The van der Waals surface area contributed by atoms with E-state index in [1.54, 1.807) is 11.3 Å². The second-order valence-corrected chi connectivity index (χ2v) is 4.98. The van der Waals surface area contributed by atoms with Gasteiger partial charge in [-0.15, -0.1) is 11.3 Å². The molecule has 3 heteroatoms. The van der Waals surface area contributed by atoms with Crippen LogP contribution in [0.15, 0.2) is 5.38 Å². The summed E-state index contributed by atoms with van der Waals surface area (Å²) in [5.41, 5.74) is 1.21. The Bertz CT molecular complexity index is 291. The molecule has 0 aliphatic heterocycles. The summed E-state index contributed by atoms with van der Waals surface area (Å²) in [5, 5.41) is 6.75. The van der Waals surface area contributed by atoms with E-state index in [9.17, 15) is 0 Å². The minimum Gasteiger partial charge on any atom is -0.359 e. The van der Waals surface area contributed by atoms with Crippen molar-refractivity contribution in [3.63, 3.8) is 0 Å². The van der Waals surface area contributed by atoms with E-state index in [2.05, 4.69) is 29.5 Å². The van der Waals surface area contributed by atoms with Crippen molar-refractivity contribution in [3.05, 3.63) is 11.1 Å². The van der Waals surface area contributed by atoms with Crippen molar-refractivity contribution < 1.29 is 0 Å². The largest absolute Gasteiger partial charge is 0.359 e. The van der Waals surface area contributed by atoms with E-state index in [1.165, 1.54) is 25.0 Å². The second-order valence-electron chi connectivity index (χ2n) is 4.12. The highest BCUT2D eigenvalue weighted by molar-refractivity contribution is 7.13. The fourth-order valence-electron chi connectivity index (χ4n) is 1.79. The Hall–Kier alpha value is -0.570. The Morgan fingerprint density at radius 1 is 1.64 bits per heavy atom. The molecule has 0 unspecified atom stereocenters. The monoisotopic (exact) mass is 210 g/mol. The lowest BCUT2D eigenvalue weighted by Gasteiger charge is -2.31. The molecule has 0 bridgehead atoms. The molecule has 1 aliphatic rings. The lowest BCUT2D eigenvalue weighted by Crippen LogP contribution is -2.30. The fourth-order valence-corrected chi connectivity index (χ4v) is 2.68. The number of aromatic nitrogens is 1. The molecule has 78 valence electrons. The van der Waals surface area contributed by atoms with Gasteiger partial charge in [0.2, 0.25) is 0 Å². The standard InChI is InChI=1S/C11H18N2S/c1-3-10-7-14-11(13-10)12-8(2)9-5-4-6-9/h7-9H,3-6H2,1-2H3,(H,12,13)/t8-/m1/s1. The minimum absolute atomic E-state index is 0.597. The van der Waals surface area contributed by atoms with Crippen LogP contribution in [0.3, 0.4) is 0 Å². The summed E-state index contributed by atoms with van der Waals surface area (Å²) in [6.07, 6.45) is 5.23.